The molecule has 0 radical (unpaired) electrons. The van der Waals surface area contributed by atoms with E-state index in [0.717, 1.165) is 16.9 Å². The highest BCUT2D eigenvalue weighted by atomic mass is 16.6. The van der Waals surface area contributed by atoms with E-state index >= 15 is 0 Å². The molecular weight excluding hydrogens is 350 g/mol. The number of carbonyl (C=O) groups excluding carboxylic acids is 1. The van der Waals surface area contributed by atoms with E-state index < -0.39 is 4.92 Å². The Kier molecular flexibility index (Phi) is 5.06. The van der Waals surface area contributed by atoms with Gasteiger partial charge in [-0.15, -0.1) is 5.10 Å². The number of nitrogens with one attached hydrogen (secondary N) is 2. The lowest BCUT2D eigenvalue weighted by Crippen LogP contribution is -2.22. The number of anilines is 2. The van der Waals surface area contributed by atoms with Gasteiger partial charge in [-0.1, -0.05) is 6.07 Å². The van der Waals surface area contributed by atoms with Crippen molar-refractivity contribution in [1.82, 2.24) is 20.2 Å². The highest BCUT2D eigenvalue weighted by Gasteiger charge is 2.14. The Morgan fingerprint density at radius 1 is 1.26 bits per heavy atom. The Balaban J connectivity index is 1.64. The van der Waals surface area contributed by atoms with Gasteiger partial charge in [-0.05, 0) is 54.1 Å². The summed E-state index contributed by atoms with van der Waals surface area (Å²) in [6, 6.07) is 10.1. The highest BCUT2D eigenvalue weighted by Crippen LogP contribution is 2.25. The fourth-order valence-electron chi connectivity index (χ4n) is 2.63. The maximum atomic E-state index is 12.2. The third kappa shape index (κ3) is 4.06. The zero-order chi connectivity index (χ0) is 19.4. The molecule has 1 heterocycles. The average molecular weight is 367 g/mol. The summed E-state index contributed by atoms with van der Waals surface area (Å²) < 4.78 is 1.55. The molecule has 1 aromatic heterocycles. The van der Waals surface area contributed by atoms with Gasteiger partial charge in [-0.3, -0.25) is 14.9 Å². The van der Waals surface area contributed by atoms with E-state index in [1.165, 1.54) is 18.5 Å². The Hall–Kier alpha value is -3.82. The van der Waals surface area contributed by atoms with Crippen LogP contribution in [0.25, 0.3) is 5.69 Å². The first-order valence-electron chi connectivity index (χ1n) is 8.07. The lowest BCUT2D eigenvalue weighted by atomic mass is 10.1. The van der Waals surface area contributed by atoms with Crippen molar-refractivity contribution in [3.8, 4) is 5.69 Å². The molecule has 0 saturated heterocycles. The largest absolute Gasteiger partial charge is 0.376 e. The number of nitro benzene ring substituents is 1. The minimum absolute atomic E-state index is 0.0196. The van der Waals surface area contributed by atoms with Crippen molar-refractivity contribution in [3.63, 3.8) is 0 Å². The number of tetrazole rings is 1. The summed E-state index contributed by atoms with van der Waals surface area (Å²) >= 11 is 0. The average Bonchev–Trinajstić information content (AvgIpc) is 3.16. The molecule has 0 bridgehead atoms. The normalized spacial score (nSPS) is 10.4. The molecule has 10 nitrogen and oxygen atoms in total. The summed E-state index contributed by atoms with van der Waals surface area (Å²) in [5.41, 5.74) is 3.33. The number of hydrogen-bond acceptors (Lipinski definition) is 7. The number of nitro groups is 1. The van der Waals surface area contributed by atoms with Crippen LogP contribution >= 0.6 is 0 Å². The maximum Gasteiger partial charge on any atom is 0.274 e. The van der Waals surface area contributed by atoms with Crippen molar-refractivity contribution < 1.29 is 9.72 Å². The SMILES string of the molecule is Cc1cc(NCC(=O)Nc2cccc([N+](=O)[O-])c2C)ccc1-n1cnnn1. The molecule has 0 saturated carbocycles. The zero-order valence-corrected chi connectivity index (χ0v) is 14.7. The monoisotopic (exact) mass is 367 g/mol. The smallest absolute Gasteiger partial charge is 0.274 e. The van der Waals surface area contributed by atoms with Gasteiger partial charge in [0.05, 0.1) is 28.4 Å². The van der Waals surface area contributed by atoms with Crippen LogP contribution in [-0.2, 0) is 4.79 Å². The number of hydrogen-bond donors (Lipinski definition) is 2. The summed E-state index contributed by atoms with van der Waals surface area (Å²) in [5, 5.41) is 27.8. The molecule has 3 aromatic rings. The van der Waals surface area contributed by atoms with Crippen LogP contribution in [0, 0.1) is 24.0 Å². The first kappa shape index (κ1) is 18.0. The second-order valence-corrected chi connectivity index (χ2v) is 5.86. The number of carbonyl (C=O) groups is 1. The topological polar surface area (TPSA) is 128 Å². The van der Waals surface area contributed by atoms with E-state index in [1.54, 1.807) is 17.7 Å². The van der Waals surface area contributed by atoms with Crippen LogP contribution in [0.3, 0.4) is 0 Å². The minimum Gasteiger partial charge on any atom is -0.376 e. The van der Waals surface area contributed by atoms with Crippen molar-refractivity contribution in [2.45, 2.75) is 13.8 Å². The molecule has 2 N–H and O–H groups in total. The second kappa shape index (κ2) is 7.60. The predicted octanol–water partition coefficient (Wildman–Crippen LogP) is 2.24. The van der Waals surface area contributed by atoms with E-state index in [-0.39, 0.29) is 18.1 Å². The van der Waals surface area contributed by atoms with Gasteiger partial charge >= 0.3 is 0 Å². The highest BCUT2D eigenvalue weighted by molar-refractivity contribution is 5.94. The molecule has 0 aliphatic carbocycles. The zero-order valence-electron chi connectivity index (χ0n) is 14.7. The van der Waals surface area contributed by atoms with Crippen LogP contribution in [0.1, 0.15) is 11.1 Å². The Bertz CT molecular complexity index is 986. The van der Waals surface area contributed by atoms with Gasteiger partial charge in [0.25, 0.3) is 5.69 Å². The Labute approximate surface area is 154 Å². The van der Waals surface area contributed by atoms with E-state index in [4.69, 9.17) is 0 Å². The van der Waals surface area contributed by atoms with Crippen molar-refractivity contribution in [2.24, 2.45) is 0 Å². The molecule has 0 aliphatic rings. The standard InChI is InChI=1S/C17H17N7O3/c1-11-8-13(6-7-15(11)23-10-19-21-22-23)18-9-17(25)20-14-4-3-5-16(12(14)2)24(26)27/h3-8,10,18H,9H2,1-2H3,(H,20,25). The molecule has 10 heteroatoms. The number of amides is 1. The van der Waals surface area contributed by atoms with Crippen LogP contribution in [0.4, 0.5) is 17.1 Å². The van der Waals surface area contributed by atoms with Gasteiger partial charge in [0.2, 0.25) is 5.91 Å². The molecule has 1 amide bonds. The summed E-state index contributed by atoms with van der Waals surface area (Å²) in [4.78, 5) is 22.7. The number of rotatable bonds is 6. The molecule has 3 rings (SSSR count). The quantitative estimate of drug-likeness (QED) is 0.505. The van der Waals surface area contributed by atoms with Crippen LogP contribution in [0.15, 0.2) is 42.7 Å². The van der Waals surface area contributed by atoms with Crippen molar-refractivity contribution in [2.75, 3.05) is 17.2 Å². The molecule has 0 unspecified atom stereocenters. The van der Waals surface area contributed by atoms with Crippen molar-refractivity contribution >= 4 is 23.0 Å². The molecule has 27 heavy (non-hydrogen) atoms. The van der Waals surface area contributed by atoms with Gasteiger partial charge in [0, 0.05) is 11.8 Å². The second-order valence-electron chi connectivity index (χ2n) is 5.86. The van der Waals surface area contributed by atoms with E-state index in [2.05, 4.69) is 26.2 Å². The number of aryl methyl sites for hydroxylation is 1. The summed E-state index contributed by atoms with van der Waals surface area (Å²) in [7, 11) is 0. The molecule has 0 aliphatic heterocycles. The lowest BCUT2D eigenvalue weighted by molar-refractivity contribution is -0.385. The Morgan fingerprint density at radius 3 is 2.74 bits per heavy atom. The van der Waals surface area contributed by atoms with Crippen molar-refractivity contribution in [3.05, 3.63) is 64.0 Å². The molecular formula is C17H17N7O3. The molecule has 2 aromatic carbocycles. The maximum absolute atomic E-state index is 12.2. The fraction of sp³-hybridized carbons (Fsp3) is 0.176. The number of nitrogens with zero attached hydrogens (tertiary/aromatic N) is 5. The third-order valence-corrected chi connectivity index (χ3v) is 4.02. The van der Waals surface area contributed by atoms with E-state index in [0.29, 0.717) is 11.3 Å². The fourth-order valence-corrected chi connectivity index (χ4v) is 2.63. The first-order chi connectivity index (χ1) is 13.0. The minimum atomic E-state index is -0.474. The van der Waals surface area contributed by atoms with Gasteiger partial charge in [0.15, 0.2) is 0 Å². The molecule has 0 spiro atoms. The number of benzene rings is 2. The van der Waals surface area contributed by atoms with Crippen LogP contribution in [0.2, 0.25) is 0 Å². The predicted molar refractivity (Wildman–Crippen MR) is 98.8 cm³/mol. The first-order valence-corrected chi connectivity index (χ1v) is 8.07. The molecule has 138 valence electrons. The summed E-state index contributed by atoms with van der Waals surface area (Å²) in [6.45, 7) is 3.53. The van der Waals surface area contributed by atoms with Crippen LogP contribution < -0.4 is 10.6 Å². The van der Waals surface area contributed by atoms with Gasteiger partial charge in [-0.25, -0.2) is 4.68 Å². The van der Waals surface area contributed by atoms with Gasteiger partial charge in [0.1, 0.15) is 6.33 Å². The third-order valence-electron chi connectivity index (χ3n) is 4.02. The van der Waals surface area contributed by atoms with Gasteiger partial charge < -0.3 is 10.6 Å². The van der Waals surface area contributed by atoms with E-state index in [9.17, 15) is 14.9 Å². The Morgan fingerprint density at radius 2 is 2.07 bits per heavy atom. The van der Waals surface area contributed by atoms with Gasteiger partial charge in [-0.2, -0.15) is 0 Å². The van der Waals surface area contributed by atoms with E-state index in [1.807, 2.05) is 25.1 Å². The van der Waals surface area contributed by atoms with Crippen LogP contribution in [-0.4, -0.2) is 37.6 Å². The summed E-state index contributed by atoms with van der Waals surface area (Å²) in [6.07, 6.45) is 1.50. The van der Waals surface area contributed by atoms with Crippen LogP contribution in [0.5, 0.6) is 0 Å². The molecule has 0 atom stereocenters. The number of aromatic nitrogens is 4. The van der Waals surface area contributed by atoms with Crippen molar-refractivity contribution in [1.29, 1.82) is 0 Å². The lowest BCUT2D eigenvalue weighted by Gasteiger charge is -2.11. The molecule has 0 fully saturated rings. The summed E-state index contributed by atoms with van der Waals surface area (Å²) in [5.74, 6) is -0.305.